The molecule has 3 aliphatic rings. The number of furan rings is 1. The van der Waals surface area contributed by atoms with Gasteiger partial charge in [0.25, 0.3) is 0 Å². The standard InChI is InChI=1S/2C19H30O2.C15H25NO.C11H15NO.C10H14N2O.C10H13NO2.C10H19NO.C10H16O2.C9H12N2O3.C9H11NO4/c1-17(2,3)13-10-12(16(21)19(7,8)9)11-14(15(13)20)18(4,5)6;1-14-9-10-15(2)16(13-14)21-12-8-11-19(6,7)17(20)18(3,4)5;1-10(2)12-8-7-11(3)15(16,9-12)13(17)14(4,5)6;1-8-5-6-9(7-12-8)10(13)11(2,3)4;1-10(2,3)9(13)7-4-5-8(11)12-6-7;1-10(2,3)9(13)8-7(12)5-4-6-11-8;1-10(2,3)9(12)8-6-4-5-7-11-8;1-10(2,3)9(12)7-4-5-8(11)6-7;1-9(2,3)7(12)5-6(8(13)14)11-4-10-5;1-9(2,3)8(11)6-4-5-7(14-6)10(12)13/h10-11,20H,1-9H3;9-10,13H,8,11-12H2,1-7H3;7,12H,1,8-9,16H2,2-6H3;5-7H,1-4H3;4-6H,1-3H3,(H2,11,12);4-6,12H,1-3H3;8,11H,4-7H2,1-3H3;7H,4-6H2,1-3H3;4H,1-3H3,(H,10,11)(H,13,14);4-5H,1-3H3/t;;;;;;;7-;;/m.......1../s1. The Morgan fingerprint density at radius 1 is 0.540 bits per heavy atom. The maximum absolute atomic E-state index is 12.7. The Hall–Kier alpha value is -11.8. The molecule has 4 atom stereocenters. The van der Waals surface area contributed by atoms with E-state index in [0.29, 0.717) is 71.6 Å². The Morgan fingerprint density at radius 2 is 1.02 bits per heavy atom. The van der Waals surface area contributed by atoms with Gasteiger partial charge >= 0.3 is 11.9 Å². The number of benzene rings is 2. The van der Waals surface area contributed by atoms with E-state index in [2.05, 4.69) is 116 Å². The third-order valence-electron chi connectivity index (χ3n) is 24.7. The molecule has 7 aromatic rings. The van der Waals surface area contributed by atoms with E-state index < -0.39 is 49.4 Å². The summed E-state index contributed by atoms with van der Waals surface area (Å²) in [6.07, 6.45) is 16.7. The van der Waals surface area contributed by atoms with Crippen molar-refractivity contribution < 1.29 is 86.9 Å². The summed E-state index contributed by atoms with van der Waals surface area (Å²) in [6.45, 7) is 88.4. The molecule has 1 saturated heterocycles. The van der Waals surface area contributed by atoms with Crippen LogP contribution in [0.1, 0.15) is 442 Å². The molecule has 1 saturated carbocycles. The number of ketones is 11. The number of piperidine rings is 1. The average Bonchev–Trinajstić information content (AvgIpc) is 1.01. The van der Waals surface area contributed by atoms with Crippen molar-refractivity contribution in [1.82, 2.24) is 30.2 Å². The van der Waals surface area contributed by atoms with Crippen LogP contribution in [-0.4, -0.2) is 139 Å². The van der Waals surface area contributed by atoms with Crippen LogP contribution in [0.25, 0.3) is 0 Å². The minimum absolute atomic E-state index is 0.00926. The van der Waals surface area contributed by atoms with Gasteiger partial charge in [-0.2, -0.15) is 0 Å². The molecule has 0 amide bonds. The summed E-state index contributed by atoms with van der Waals surface area (Å²) in [5.41, 5.74) is 15.4. The largest absolute Gasteiger partial charge is 0.507 e. The normalized spacial score (nSPS) is 16.0. The lowest BCUT2D eigenvalue weighted by molar-refractivity contribution is -0.402. The third kappa shape index (κ3) is 44.6. The van der Waals surface area contributed by atoms with E-state index in [1.54, 1.807) is 86.7 Å². The number of carboxylic acid groups (broad SMARTS) is 1. The number of carboxylic acids is 1. The van der Waals surface area contributed by atoms with Crippen LogP contribution >= 0.6 is 0 Å². The van der Waals surface area contributed by atoms with Crippen molar-refractivity contribution in [3.8, 4) is 17.2 Å². The van der Waals surface area contributed by atoms with E-state index in [1.165, 1.54) is 55.3 Å². The summed E-state index contributed by atoms with van der Waals surface area (Å²) in [5.74, 6) is 1.41. The van der Waals surface area contributed by atoms with Gasteiger partial charge in [0, 0.05) is 130 Å². The number of nitrogens with one attached hydrogen (secondary N) is 2. The molecule has 28 nitrogen and oxygen atoms in total. The first-order valence-corrected chi connectivity index (χ1v) is 51.8. The number of phenols is 1. The SMILES string of the molecule is C=C(C)C1CC=C(C)C(N)(C(=O)C(C)(C)C)C1.CC(C)(C)C(=O)C1CCCCN1.CC(C)(C)C(=O)[C@@H]1CCC(=O)C1.CC(C)(C)C(=O)c1cc(C(C)(C)C)c(O)c(C(C)(C)C)c1.CC(C)(C)C(=O)c1ccc(N)nc1.CC(C)(C)C(=O)c1ccc([N+](=O)[O-])o1.CC(C)(C)C(=O)c1nc[nH]c1C(=O)O.CC(C)(C)C(=O)c1ncccc1O.Cc1ccc(C(=O)C(C)(C)C)cn1.Cc1ccc(C)c(OCCCC(C)(C)C(=O)C(C)(C)C)c1. The van der Waals surface area contributed by atoms with E-state index in [1.807, 2.05) is 204 Å². The molecule has 2 aromatic carbocycles. The second kappa shape index (κ2) is 55.0. The Balaban J connectivity index is 0.000000838. The molecule has 1 aliphatic heterocycles. The van der Waals surface area contributed by atoms with Crippen molar-refractivity contribution in [3.05, 3.63) is 205 Å². The summed E-state index contributed by atoms with van der Waals surface area (Å²) in [4.78, 5) is 169. The first kappa shape index (κ1) is 136. The van der Waals surface area contributed by atoms with Crippen LogP contribution < -0.4 is 21.5 Å². The molecule has 2 fully saturated rings. The highest BCUT2D eigenvalue weighted by Gasteiger charge is 2.46. The molecule has 6 heterocycles. The summed E-state index contributed by atoms with van der Waals surface area (Å²) in [5, 5.41) is 42.3. The van der Waals surface area contributed by atoms with Gasteiger partial charge in [-0.05, 0) is 175 Å². The third-order valence-corrected chi connectivity index (χ3v) is 24.7. The number of imidazole rings is 1. The zero-order valence-corrected chi connectivity index (χ0v) is 99.1. The number of nitrogens with two attached hydrogens (primary N) is 2. The lowest BCUT2D eigenvalue weighted by atomic mass is 9.67. The van der Waals surface area contributed by atoms with Crippen LogP contribution in [-0.2, 0) is 34.8 Å². The second-order valence-electron chi connectivity index (χ2n) is 52.6. The predicted octanol–water partition coefficient (Wildman–Crippen LogP) is 27.5. The lowest BCUT2D eigenvalue weighted by Gasteiger charge is -2.40. The molecule has 5 aromatic heterocycles. The van der Waals surface area contributed by atoms with Gasteiger partial charge in [-0.3, -0.25) is 67.8 Å². The molecular weight excluding hydrogens is 1900 g/mol. The number of phenolic OH excluding ortho intramolecular Hbond substituents is 1. The van der Waals surface area contributed by atoms with Gasteiger partial charge in [0.05, 0.1) is 30.6 Å². The quantitative estimate of drug-likeness (QED) is 0.0138. The van der Waals surface area contributed by atoms with Gasteiger partial charge in [-0.1, -0.05) is 305 Å². The number of aryl methyl sites for hydroxylation is 3. The molecule has 150 heavy (non-hydrogen) atoms. The minimum atomic E-state index is -1.17. The van der Waals surface area contributed by atoms with E-state index in [0.717, 1.165) is 77.9 Å². The number of hydrogen-bond acceptors (Lipinski definition) is 25. The van der Waals surface area contributed by atoms with Crippen molar-refractivity contribution in [2.75, 3.05) is 18.9 Å². The molecule has 28 heteroatoms. The number of carbonyl (C=O) groups excluding carboxylic acids is 11. The number of carbonyl (C=O) groups is 12. The van der Waals surface area contributed by atoms with Gasteiger partial charge in [-0.15, -0.1) is 0 Å². The Morgan fingerprint density at radius 3 is 1.41 bits per heavy atom. The predicted molar refractivity (Wildman–Crippen MR) is 601 cm³/mol. The van der Waals surface area contributed by atoms with Crippen molar-refractivity contribution in [2.45, 2.75) is 384 Å². The number of H-pyrrole nitrogens is 1. The van der Waals surface area contributed by atoms with E-state index in [4.69, 9.17) is 25.7 Å². The number of nitrogens with zero attached hydrogens (tertiary/aromatic N) is 5. The fourth-order valence-electron chi connectivity index (χ4n) is 15.6. The Kier molecular flexibility index (Phi) is 49.9. The molecule has 3 unspecified atom stereocenters. The summed E-state index contributed by atoms with van der Waals surface area (Å²) >= 11 is 0. The van der Waals surface area contributed by atoms with Crippen LogP contribution in [0.4, 0.5) is 11.7 Å². The number of aromatic amines is 1. The van der Waals surface area contributed by atoms with Gasteiger partial charge in [0.2, 0.25) is 5.78 Å². The lowest BCUT2D eigenvalue weighted by Crippen LogP contribution is -2.56. The van der Waals surface area contributed by atoms with Crippen LogP contribution in [0.2, 0.25) is 0 Å². The molecule has 0 radical (unpaired) electrons. The number of pyridine rings is 3. The van der Waals surface area contributed by atoms with Crippen LogP contribution in [0.3, 0.4) is 0 Å². The zero-order chi connectivity index (χ0) is 117. The van der Waals surface area contributed by atoms with E-state index in [-0.39, 0.29) is 136 Å². The topological polar surface area (TPSA) is 462 Å². The van der Waals surface area contributed by atoms with E-state index >= 15 is 0 Å². The summed E-state index contributed by atoms with van der Waals surface area (Å²) in [7, 11) is 0. The van der Waals surface area contributed by atoms with Crippen LogP contribution in [0.15, 0.2) is 132 Å². The number of allylic oxidation sites excluding steroid dienone is 2. The number of rotatable bonds is 18. The van der Waals surface area contributed by atoms with E-state index in [9.17, 15) is 77.9 Å². The number of aromatic hydroxyl groups is 2. The van der Waals surface area contributed by atoms with Gasteiger partial charge in [0.1, 0.15) is 56.7 Å². The smallest absolute Gasteiger partial charge is 0.433 e. The number of nitrogen functional groups attached to an aromatic ring is 1. The number of Topliss-reactive ketones (excluding diaryl/α,β-unsaturated/α-hetero) is 11. The fraction of sp³-hybridized carbons (Fsp3) is 0.590. The maximum atomic E-state index is 12.7. The highest BCUT2D eigenvalue weighted by molar-refractivity contribution is 6.06. The summed E-state index contributed by atoms with van der Waals surface area (Å²) in [6, 6.07) is 22.7. The minimum Gasteiger partial charge on any atom is -0.507 e. The van der Waals surface area contributed by atoms with Gasteiger partial charge in [0.15, 0.2) is 51.9 Å². The van der Waals surface area contributed by atoms with Crippen LogP contribution in [0.5, 0.6) is 17.2 Å². The number of hydrogen-bond donors (Lipinski definition) is 7. The first-order valence-electron chi connectivity index (χ1n) is 51.8. The molecular formula is C122H185N9O19. The van der Waals surface area contributed by atoms with Crippen molar-refractivity contribution in [2.24, 2.45) is 77.1 Å². The van der Waals surface area contributed by atoms with Crippen LogP contribution in [0, 0.1) is 102 Å². The molecule has 9 N–H and O–H groups in total. The van der Waals surface area contributed by atoms with Gasteiger partial charge < -0.3 is 46.2 Å². The first-order chi connectivity index (χ1) is 67.6. The number of aromatic carboxylic acids is 1. The Bertz CT molecular complexity index is 5710. The van der Waals surface area contributed by atoms with Crippen molar-refractivity contribution >= 4 is 81.3 Å². The number of ether oxygens (including phenoxy) is 1. The number of anilines is 1. The van der Waals surface area contributed by atoms with Crippen molar-refractivity contribution in [3.63, 3.8) is 0 Å². The fourth-order valence-corrected chi connectivity index (χ4v) is 15.6. The highest BCUT2D eigenvalue weighted by Crippen LogP contribution is 2.44. The maximum Gasteiger partial charge on any atom is 0.433 e. The summed E-state index contributed by atoms with van der Waals surface area (Å²) < 4.78 is 10.7. The molecule has 2 aliphatic carbocycles. The van der Waals surface area contributed by atoms with Gasteiger partial charge in [-0.25, -0.2) is 19.7 Å². The monoisotopic (exact) mass is 2080 g/mol. The zero-order valence-electron chi connectivity index (χ0n) is 99.1. The van der Waals surface area contributed by atoms with Crippen molar-refractivity contribution in [1.29, 1.82) is 0 Å². The number of nitro groups is 1. The number of aromatic nitrogens is 5. The molecule has 0 spiro atoms. The Labute approximate surface area is 896 Å². The molecule has 832 valence electrons. The average molecular weight is 2080 g/mol. The second-order valence-corrected chi connectivity index (χ2v) is 52.6. The molecule has 0 bridgehead atoms. The highest BCUT2D eigenvalue weighted by atomic mass is 16.6. The molecule has 10 rings (SSSR count).